The van der Waals surface area contributed by atoms with Crippen LogP contribution in [0.2, 0.25) is 0 Å². The number of rotatable bonds is 1. The van der Waals surface area contributed by atoms with Crippen molar-refractivity contribution in [2.45, 2.75) is 17.1 Å². The molecule has 0 radical (unpaired) electrons. The molecular formula is C7H7Cl2F3N2. The van der Waals surface area contributed by atoms with Crippen molar-refractivity contribution in [3.05, 3.63) is 23.3 Å². The maximum Gasteiger partial charge on any atom is 0.413 e. The largest absolute Gasteiger partial charge is 0.413 e. The molecule has 0 saturated heterocycles. The molecule has 0 heterocycles. The van der Waals surface area contributed by atoms with Gasteiger partial charge in [0.25, 0.3) is 0 Å². The Kier molecular flexibility index (Phi) is 3.16. The zero-order chi connectivity index (χ0) is 11.0. The smallest absolute Gasteiger partial charge is 0.271 e. The summed E-state index contributed by atoms with van der Waals surface area (Å²) in [7, 11) is 0. The summed E-state index contributed by atoms with van der Waals surface area (Å²) in [6.07, 6.45) is -1.43. The van der Waals surface area contributed by atoms with Crippen LogP contribution in [0.25, 0.3) is 0 Å². The molecule has 80 valence electrons. The number of hydrogen-bond donors (Lipinski definition) is 2. The fraction of sp³-hybridized carbons (Fsp3) is 0.429. The molecule has 2 unspecified atom stereocenters. The van der Waals surface area contributed by atoms with E-state index < -0.39 is 17.1 Å². The Balaban J connectivity index is 3.11. The van der Waals surface area contributed by atoms with Crippen molar-refractivity contribution in [1.82, 2.24) is 5.43 Å². The molecule has 0 bridgehead atoms. The minimum absolute atomic E-state index is 0.0659. The lowest BCUT2D eigenvalue weighted by molar-refractivity contribution is -0.154. The Morgan fingerprint density at radius 1 is 1.50 bits per heavy atom. The van der Waals surface area contributed by atoms with Crippen LogP contribution in [-0.4, -0.2) is 17.1 Å². The first kappa shape index (κ1) is 11.8. The van der Waals surface area contributed by atoms with Crippen LogP contribution in [0, 0.1) is 0 Å². The van der Waals surface area contributed by atoms with E-state index in [1.807, 2.05) is 5.43 Å². The Morgan fingerprint density at radius 2 is 2.07 bits per heavy atom. The maximum absolute atomic E-state index is 12.6. The Labute approximate surface area is 88.5 Å². The monoisotopic (exact) mass is 246 g/mol. The molecule has 1 aliphatic carbocycles. The molecule has 0 aliphatic heterocycles. The standard InChI is InChI=1S/C7H7Cl2F3N2/c8-4-1-2-5(14-13)6(9,3-4)7(10,11)12/h1-3,5,14H,13H2. The van der Waals surface area contributed by atoms with E-state index in [0.717, 1.165) is 6.08 Å². The lowest BCUT2D eigenvalue weighted by Gasteiger charge is -2.34. The molecule has 2 nitrogen and oxygen atoms in total. The molecule has 0 fully saturated rings. The van der Waals surface area contributed by atoms with Crippen LogP contribution >= 0.6 is 23.2 Å². The average Bonchev–Trinajstić information content (AvgIpc) is 2.02. The van der Waals surface area contributed by atoms with Crippen LogP contribution < -0.4 is 11.3 Å². The van der Waals surface area contributed by atoms with Gasteiger partial charge in [0.15, 0.2) is 4.87 Å². The zero-order valence-corrected chi connectivity index (χ0v) is 8.29. The van der Waals surface area contributed by atoms with E-state index in [1.54, 1.807) is 0 Å². The van der Waals surface area contributed by atoms with Crippen LogP contribution in [0.1, 0.15) is 0 Å². The first-order valence-corrected chi connectivity index (χ1v) is 4.35. The number of halogens is 5. The molecule has 0 aromatic carbocycles. The van der Waals surface area contributed by atoms with Gasteiger partial charge in [0.05, 0.1) is 6.04 Å². The molecule has 0 saturated carbocycles. The summed E-state index contributed by atoms with van der Waals surface area (Å²) in [5, 5.41) is -0.0659. The van der Waals surface area contributed by atoms with E-state index in [2.05, 4.69) is 0 Å². The highest BCUT2D eigenvalue weighted by atomic mass is 35.5. The summed E-state index contributed by atoms with van der Waals surface area (Å²) >= 11 is 10.9. The van der Waals surface area contributed by atoms with E-state index in [9.17, 15) is 13.2 Å². The lowest BCUT2D eigenvalue weighted by Crippen LogP contribution is -2.56. The van der Waals surface area contributed by atoms with Gasteiger partial charge in [-0.25, -0.2) is 0 Å². The first-order valence-electron chi connectivity index (χ1n) is 3.59. The quantitative estimate of drug-likeness (QED) is 0.422. The first-order chi connectivity index (χ1) is 6.31. The number of allylic oxidation sites excluding steroid dienone is 2. The van der Waals surface area contributed by atoms with Crippen molar-refractivity contribution in [2.24, 2.45) is 5.84 Å². The SMILES string of the molecule is NNC1C=CC(Cl)=CC1(Cl)C(F)(F)F. The van der Waals surface area contributed by atoms with E-state index in [0.29, 0.717) is 0 Å². The van der Waals surface area contributed by atoms with Gasteiger partial charge in [-0.15, -0.1) is 11.6 Å². The summed E-state index contributed by atoms with van der Waals surface area (Å²) in [6, 6.07) is -1.23. The highest BCUT2D eigenvalue weighted by Crippen LogP contribution is 2.43. The van der Waals surface area contributed by atoms with Crippen molar-refractivity contribution in [3.63, 3.8) is 0 Å². The van der Waals surface area contributed by atoms with Crippen LogP contribution in [0.4, 0.5) is 13.2 Å². The van der Waals surface area contributed by atoms with Gasteiger partial charge < -0.3 is 0 Å². The van der Waals surface area contributed by atoms with Gasteiger partial charge in [0, 0.05) is 5.03 Å². The van der Waals surface area contributed by atoms with Gasteiger partial charge in [-0.1, -0.05) is 17.7 Å². The third-order valence-corrected chi connectivity index (χ3v) is 2.66. The van der Waals surface area contributed by atoms with Crippen molar-refractivity contribution >= 4 is 23.2 Å². The second kappa shape index (κ2) is 3.73. The molecule has 0 spiro atoms. The zero-order valence-electron chi connectivity index (χ0n) is 6.78. The molecule has 0 aromatic rings. The average molecular weight is 247 g/mol. The van der Waals surface area contributed by atoms with Gasteiger partial charge in [0.2, 0.25) is 0 Å². The predicted molar refractivity (Wildman–Crippen MR) is 48.8 cm³/mol. The molecule has 2 atom stereocenters. The van der Waals surface area contributed by atoms with Gasteiger partial charge in [0.1, 0.15) is 0 Å². The Bertz CT molecular complexity index is 287. The molecule has 0 amide bonds. The van der Waals surface area contributed by atoms with Crippen molar-refractivity contribution < 1.29 is 13.2 Å². The molecular weight excluding hydrogens is 240 g/mol. The predicted octanol–water partition coefficient (Wildman–Crippen LogP) is 2.05. The van der Waals surface area contributed by atoms with Gasteiger partial charge >= 0.3 is 6.18 Å². The Hall–Kier alpha value is -0.230. The normalized spacial score (nSPS) is 33.0. The highest BCUT2D eigenvalue weighted by Gasteiger charge is 2.57. The van der Waals surface area contributed by atoms with Gasteiger partial charge in [-0.2, -0.15) is 13.2 Å². The number of hydrazine groups is 1. The van der Waals surface area contributed by atoms with E-state index in [-0.39, 0.29) is 5.03 Å². The van der Waals surface area contributed by atoms with Crippen molar-refractivity contribution in [2.75, 3.05) is 0 Å². The summed E-state index contributed by atoms with van der Waals surface area (Å²) in [4.78, 5) is -2.59. The topological polar surface area (TPSA) is 38.0 Å². The molecule has 1 aliphatic rings. The second-order valence-corrected chi connectivity index (χ2v) is 3.86. The molecule has 3 N–H and O–H groups in total. The lowest BCUT2D eigenvalue weighted by atomic mass is 9.94. The molecule has 1 rings (SSSR count). The number of nitrogens with one attached hydrogen (secondary N) is 1. The van der Waals surface area contributed by atoms with Crippen LogP contribution in [0.5, 0.6) is 0 Å². The summed E-state index contributed by atoms with van der Waals surface area (Å²) in [5.74, 6) is 4.96. The van der Waals surface area contributed by atoms with Gasteiger partial charge in [-0.3, -0.25) is 11.3 Å². The Morgan fingerprint density at radius 3 is 2.50 bits per heavy atom. The number of alkyl halides is 4. The third kappa shape index (κ3) is 1.91. The summed E-state index contributed by atoms with van der Waals surface area (Å²) in [5.41, 5.74) is 1.98. The molecule has 7 heteroatoms. The van der Waals surface area contributed by atoms with E-state index in [1.165, 1.54) is 12.2 Å². The van der Waals surface area contributed by atoms with Crippen LogP contribution in [-0.2, 0) is 0 Å². The number of hydrogen-bond acceptors (Lipinski definition) is 2. The minimum atomic E-state index is -4.63. The van der Waals surface area contributed by atoms with Crippen LogP contribution in [0.3, 0.4) is 0 Å². The van der Waals surface area contributed by atoms with E-state index in [4.69, 9.17) is 29.0 Å². The molecule has 14 heavy (non-hydrogen) atoms. The number of nitrogens with two attached hydrogens (primary N) is 1. The summed E-state index contributed by atoms with van der Waals surface area (Å²) in [6.45, 7) is 0. The van der Waals surface area contributed by atoms with E-state index >= 15 is 0 Å². The van der Waals surface area contributed by atoms with Crippen molar-refractivity contribution in [3.8, 4) is 0 Å². The third-order valence-electron chi connectivity index (χ3n) is 1.86. The maximum atomic E-state index is 12.6. The second-order valence-electron chi connectivity index (χ2n) is 2.80. The van der Waals surface area contributed by atoms with Crippen molar-refractivity contribution in [1.29, 1.82) is 0 Å². The fourth-order valence-corrected chi connectivity index (χ4v) is 1.66. The summed E-state index contributed by atoms with van der Waals surface area (Å²) < 4.78 is 37.7. The molecule has 0 aromatic heterocycles. The minimum Gasteiger partial charge on any atom is -0.271 e. The van der Waals surface area contributed by atoms with Crippen LogP contribution in [0.15, 0.2) is 23.3 Å². The van der Waals surface area contributed by atoms with Gasteiger partial charge in [-0.05, 0) is 12.2 Å². The fourth-order valence-electron chi connectivity index (χ4n) is 1.10. The highest BCUT2D eigenvalue weighted by molar-refractivity contribution is 6.33.